The third-order valence-electron chi connectivity index (χ3n) is 7.78. The molecule has 216 valence electrons. The molecule has 2 saturated heterocycles. The number of carboxylic acid groups (broad SMARTS) is 1. The van der Waals surface area contributed by atoms with Crippen LogP contribution in [0, 0.1) is 0 Å². The summed E-state index contributed by atoms with van der Waals surface area (Å²) in [6, 6.07) is 9.40. The molecule has 0 radical (unpaired) electrons. The van der Waals surface area contributed by atoms with E-state index in [0.717, 1.165) is 60.7 Å². The van der Waals surface area contributed by atoms with Crippen molar-refractivity contribution in [3.63, 3.8) is 0 Å². The topological polar surface area (TPSA) is 98.9 Å². The molecule has 2 aliphatic heterocycles. The van der Waals surface area contributed by atoms with Gasteiger partial charge >= 0.3 is 5.97 Å². The van der Waals surface area contributed by atoms with Crippen molar-refractivity contribution < 1.29 is 24.1 Å². The number of carbonyl (C=O) groups is 1. The van der Waals surface area contributed by atoms with E-state index in [9.17, 15) is 9.90 Å². The Hall–Kier alpha value is -2.89. The molecule has 6 rings (SSSR count). The molecule has 12 heteroatoms. The molecule has 41 heavy (non-hydrogen) atoms. The maximum Gasteiger partial charge on any atom is 0.346 e. The smallest absolute Gasteiger partial charge is 0.346 e. The number of aromatic nitrogens is 3. The van der Waals surface area contributed by atoms with E-state index >= 15 is 0 Å². The molecule has 0 saturated carbocycles. The van der Waals surface area contributed by atoms with Crippen LogP contribution in [0.3, 0.4) is 0 Å². The van der Waals surface area contributed by atoms with Crippen molar-refractivity contribution in [2.45, 2.75) is 51.0 Å². The van der Waals surface area contributed by atoms with Crippen LogP contribution >= 0.6 is 34.5 Å². The Morgan fingerprint density at radius 1 is 1.22 bits per heavy atom. The number of aromatic carboxylic acids is 1. The lowest BCUT2D eigenvalue weighted by Gasteiger charge is -2.33. The Morgan fingerprint density at radius 3 is 2.71 bits per heavy atom. The second-order valence-corrected chi connectivity index (χ2v) is 12.2. The second kappa shape index (κ2) is 12.1. The molecule has 0 bridgehead atoms. The van der Waals surface area contributed by atoms with E-state index in [0.29, 0.717) is 51.1 Å². The molecule has 0 amide bonds. The number of hydrogen-bond donors (Lipinski definition) is 1. The summed E-state index contributed by atoms with van der Waals surface area (Å²) in [6.07, 6.45) is 4.62. The number of rotatable bonds is 10. The van der Waals surface area contributed by atoms with Gasteiger partial charge in [-0.15, -0.1) is 11.3 Å². The molecule has 1 atom stereocenters. The molecule has 0 spiro atoms. The zero-order chi connectivity index (χ0) is 28.5. The largest absolute Gasteiger partial charge is 0.493 e. The number of likely N-dealkylation sites (tertiary alicyclic amines) is 1. The maximum atomic E-state index is 11.5. The molecule has 2 fully saturated rings. The highest BCUT2D eigenvalue weighted by Gasteiger charge is 2.28. The normalized spacial score (nSPS) is 18.0. The number of nitrogens with zero attached hydrogens (tertiary/aromatic N) is 4. The number of hydrogen-bond acceptors (Lipinski definition) is 8. The first-order valence-electron chi connectivity index (χ1n) is 13.6. The summed E-state index contributed by atoms with van der Waals surface area (Å²) in [5.41, 5.74) is 2.60. The van der Waals surface area contributed by atoms with Crippen LogP contribution in [0.2, 0.25) is 10.0 Å². The average Bonchev–Trinajstić information content (AvgIpc) is 3.49. The third-order valence-corrected chi connectivity index (χ3v) is 9.32. The fraction of sp³-hybridized carbons (Fsp3) is 0.414. The molecule has 5 heterocycles. The van der Waals surface area contributed by atoms with Crippen LogP contribution in [-0.4, -0.2) is 63.4 Å². The average molecular weight is 618 g/mol. The van der Waals surface area contributed by atoms with Crippen LogP contribution < -0.4 is 9.47 Å². The lowest BCUT2D eigenvalue weighted by molar-refractivity contribution is -0.0592. The Balaban J connectivity index is 1.16. The van der Waals surface area contributed by atoms with Gasteiger partial charge in [-0.3, -0.25) is 9.88 Å². The van der Waals surface area contributed by atoms with Gasteiger partial charge in [-0.05, 0) is 56.5 Å². The van der Waals surface area contributed by atoms with E-state index in [4.69, 9.17) is 42.4 Å². The number of thiophene rings is 1. The monoisotopic (exact) mass is 616 g/mol. The van der Waals surface area contributed by atoms with E-state index in [2.05, 4.69) is 20.5 Å². The van der Waals surface area contributed by atoms with Crippen molar-refractivity contribution in [3.05, 3.63) is 68.5 Å². The molecule has 3 aromatic heterocycles. The van der Waals surface area contributed by atoms with Crippen LogP contribution in [0.1, 0.15) is 51.9 Å². The van der Waals surface area contributed by atoms with E-state index in [1.54, 1.807) is 25.4 Å². The Bertz CT molecular complexity index is 1560. The van der Waals surface area contributed by atoms with Crippen LogP contribution in [0.4, 0.5) is 0 Å². The van der Waals surface area contributed by atoms with Crippen molar-refractivity contribution in [1.29, 1.82) is 0 Å². The van der Waals surface area contributed by atoms with Gasteiger partial charge in [0.25, 0.3) is 0 Å². The van der Waals surface area contributed by atoms with E-state index < -0.39 is 5.97 Å². The van der Waals surface area contributed by atoms with Crippen LogP contribution in [0.25, 0.3) is 10.3 Å². The highest BCUT2D eigenvalue weighted by molar-refractivity contribution is 7.20. The standard InChI is InChI=1S/C29H30Cl2N4O5S/c1-38-24-4-2-3-20(27(24)40-16-22-21(31)11-18(30)13-32-22)17-5-8-34(9-6-17)15-26-33-28-23(12-25(41-28)29(36)37)35(26)14-19-7-10-39-19/h2-4,11-13,17,19H,5-10,14-16H2,1H3,(H,36,37)/t19-/m0/s1. The number of fused-ring (bicyclic) bond motifs is 1. The van der Waals surface area contributed by atoms with E-state index in [-0.39, 0.29) is 12.7 Å². The number of halogens is 2. The van der Waals surface area contributed by atoms with Crippen LogP contribution in [0.15, 0.2) is 36.5 Å². The fourth-order valence-electron chi connectivity index (χ4n) is 5.49. The Kier molecular flexibility index (Phi) is 8.37. The summed E-state index contributed by atoms with van der Waals surface area (Å²) >= 11 is 13.6. The fourth-order valence-corrected chi connectivity index (χ4v) is 6.81. The van der Waals surface area contributed by atoms with Gasteiger partial charge in [-0.25, -0.2) is 9.78 Å². The minimum Gasteiger partial charge on any atom is -0.493 e. The highest BCUT2D eigenvalue weighted by Crippen LogP contribution is 2.41. The zero-order valence-electron chi connectivity index (χ0n) is 22.5. The molecule has 0 unspecified atom stereocenters. The van der Waals surface area contributed by atoms with Crippen molar-refractivity contribution in [2.75, 3.05) is 26.8 Å². The number of pyridine rings is 1. The van der Waals surface area contributed by atoms with Gasteiger partial charge < -0.3 is 23.9 Å². The van der Waals surface area contributed by atoms with Gasteiger partial charge in [0.2, 0.25) is 0 Å². The first-order valence-corrected chi connectivity index (χ1v) is 15.1. The second-order valence-electron chi connectivity index (χ2n) is 10.3. The molecule has 9 nitrogen and oxygen atoms in total. The van der Waals surface area contributed by atoms with Crippen molar-refractivity contribution in [1.82, 2.24) is 19.4 Å². The summed E-state index contributed by atoms with van der Waals surface area (Å²) < 4.78 is 19.8. The summed E-state index contributed by atoms with van der Waals surface area (Å²) in [6.45, 7) is 4.16. The predicted molar refractivity (Wildman–Crippen MR) is 158 cm³/mol. The summed E-state index contributed by atoms with van der Waals surface area (Å²) in [5.74, 6) is 1.73. The molecule has 4 aromatic rings. The lowest BCUT2D eigenvalue weighted by atomic mass is 9.88. The van der Waals surface area contributed by atoms with Crippen molar-refractivity contribution in [3.8, 4) is 11.5 Å². The summed E-state index contributed by atoms with van der Waals surface area (Å²) in [7, 11) is 1.64. The first kappa shape index (κ1) is 28.2. The van der Waals surface area contributed by atoms with Gasteiger partial charge in [-0.1, -0.05) is 35.3 Å². The summed E-state index contributed by atoms with van der Waals surface area (Å²) in [5, 5.41) is 10.4. The van der Waals surface area contributed by atoms with Gasteiger partial charge in [0.15, 0.2) is 11.5 Å². The van der Waals surface area contributed by atoms with Gasteiger partial charge in [0.1, 0.15) is 22.1 Å². The number of benzene rings is 1. The number of imidazole rings is 1. The molecular weight excluding hydrogens is 587 g/mol. The highest BCUT2D eigenvalue weighted by atomic mass is 35.5. The maximum absolute atomic E-state index is 11.5. The molecule has 2 aliphatic rings. The molecular formula is C29H30Cl2N4O5S. The number of carboxylic acids is 1. The summed E-state index contributed by atoms with van der Waals surface area (Å²) in [4.78, 5) is 24.2. The minimum atomic E-state index is -0.920. The third kappa shape index (κ3) is 6.03. The number of piperidine rings is 1. The lowest BCUT2D eigenvalue weighted by Crippen LogP contribution is -2.35. The Morgan fingerprint density at radius 2 is 2.02 bits per heavy atom. The predicted octanol–water partition coefficient (Wildman–Crippen LogP) is 6.25. The zero-order valence-corrected chi connectivity index (χ0v) is 24.8. The molecule has 1 aromatic carbocycles. The molecule has 1 N–H and O–H groups in total. The number of ether oxygens (including phenoxy) is 3. The van der Waals surface area contributed by atoms with E-state index in [1.807, 2.05) is 12.1 Å². The van der Waals surface area contributed by atoms with Gasteiger partial charge in [0, 0.05) is 18.4 Å². The number of para-hydroxylation sites is 1. The first-order chi connectivity index (χ1) is 19.9. The van der Waals surface area contributed by atoms with Gasteiger partial charge in [-0.2, -0.15) is 0 Å². The van der Waals surface area contributed by atoms with Gasteiger partial charge in [0.05, 0.1) is 47.6 Å². The van der Waals surface area contributed by atoms with Crippen molar-refractivity contribution >= 4 is 50.9 Å². The number of methoxy groups -OCH3 is 1. The van der Waals surface area contributed by atoms with Crippen LogP contribution in [-0.2, 0) is 24.4 Å². The minimum absolute atomic E-state index is 0.148. The Labute approximate surface area is 251 Å². The van der Waals surface area contributed by atoms with Crippen LogP contribution in [0.5, 0.6) is 11.5 Å². The quantitative estimate of drug-likeness (QED) is 0.223. The van der Waals surface area contributed by atoms with Crippen molar-refractivity contribution in [2.24, 2.45) is 0 Å². The SMILES string of the molecule is COc1cccc(C2CCN(Cc3nc4sc(C(=O)O)cc4n3C[C@@H]3CCO3)CC2)c1OCc1ncc(Cl)cc1Cl. The molecule has 0 aliphatic carbocycles. The van der Waals surface area contributed by atoms with E-state index in [1.165, 1.54) is 11.3 Å².